The number of benzene rings is 1. The molecule has 1 rings (SSSR count). The molecule has 1 aromatic carbocycles. The van der Waals surface area contributed by atoms with Crippen LogP contribution < -0.4 is 4.74 Å². The van der Waals surface area contributed by atoms with E-state index >= 15 is 0 Å². The van der Waals surface area contributed by atoms with Gasteiger partial charge in [-0.05, 0) is 30.5 Å². The number of nitrogens with zero attached hydrogens (tertiary/aromatic N) is 1. The van der Waals surface area contributed by atoms with Crippen LogP contribution in [0.3, 0.4) is 0 Å². The summed E-state index contributed by atoms with van der Waals surface area (Å²) in [6.07, 6.45) is -4.68. The second-order valence-electron chi connectivity index (χ2n) is 4.07. The van der Waals surface area contributed by atoms with E-state index in [1.54, 1.807) is 19.9 Å². The molecule has 0 aliphatic heterocycles. The Bertz CT molecular complexity index is 562. The number of esters is 1. The van der Waals surface area contributed by atoms with Crippen LogP contribution in [0.1, 0.15) is 30.5 Å². The summed E-state index contributed by atoms with van der Waals surface area (Å²) in [6, 6.07) is 4.09. The van der Waals surface area contributed by atoms with Crippen molar-refractivity contribution in [2.75, 3.05) is 6.61 Å². The summed E-state index contributed by atoms with van der Waals surface area (Å²) >= 11 is 0. The largest absolute Gasteiger partial charge is 0.573 e. The first-order valence-corrected chi connectivity index (χ1v) is 6.28. The molecule has 21 heavy (non-hydrogen) atoms. The van der Waals surface area contributed by atoms with Crippen molar-refractivity contribution in [2.45, 2.75) is 33.1 Å². The molecule has 0 atom stereocenters. The number of carbonyl (C=O) groups is 1. The highest BCUT2D eigenvalue weighted by Crippen LogP contribution is 2.30. The molecular formula is C14H14F3NO3. The maximum Gasteiger partial charge on any atom is 0.573 e. The molecule has 0 aromatic heterocycles. The smallest absolute Gasteiger partial charge is 0.466 e. The fourth-order valence-electron chi connectivity index (χ4n) is 1.94. The SMILES string of the molecule is CCOC(=O)Cc1ccc(OC(F)(F)F)c(C#N)c1CC. The van der Waals surface area contributed by atoms with Crippen molar-refractivity contribution in [2.24, 2.45) is 0 Å². The minimum absolute atomic E-state index is 0.0992. The highest BCUT2D eigenvalue weighted by molar-refractivity contribution is 5.74. The molecular weight excluding hydrogens is 287 g/mol. The summed E-state index contributed by atoms with van der Waals surface area (Å²) in [5.41, 5.74) is 0.603. The third-order valence-electron chi connectivity index (χ3n) is 2.70. The van der Waals surface area contributed by atoms with Crippen molar-refractivity contribution in [1.82, 2.24) is 0 Å². The van der Waals surface area contributed by atoms with Crippen LogP contribution in [0.15, 0.2) is 12.1 Å². The van der Waals surface area contributed by atoms with Crippen molar-refractivity contribution >= 4 is 5.97 Å². The lowest BCUT2D eigenvalue weighted by atomic mass is 9.96. The van der Waals surface area contributed by atoms with E-state index in [0.29, 0.717) is 17.5 Å². The van der Waals surface area contributed by atoms with E-state index in [1.165, 1.54) is 6.07 Å². The van der Waals surface area contributed by atoms with Crippen LogP contribution in [0.5, 0.6) is 5.75 Å². The molecule has 0 amide bonds. The van der Waals surface area contributed by atoms with Gasteiger partial charge >= 0.3 is 12.3 Å². The predicted molar refractivity (Wildman–Crippen MR) is 67.6 cm³/mol. The second kappa shape index (κ2) is 6.97. The Hall–Kier alpha value is -2.23. The topological polar surface area (TPSA) is 59.3 Å². The number of ether oxygens (including phenoxy) is 2. The van der Waals surface area contributed by atoms with Gasteiger partial charge in [-0.1, -0.05) is 13.0 Å². The molecule has 0 heterocycles. The fourth-order valence-corrected chi connectivity index (χ4v) is 1.94. The second-order valence-corrected chi connectivity index (χ2v) is 4.07. The van der Waals surface area contributed by atoms with E-state index in [4.69, 9.17) is 10.00 Å². The number of rotatable bonds is 5. The minimum Gasteiger partial charge on any atom is -0.466 e. The molecule has 0 radical (unpaired) electrons. The molecule has 0 fully saturated rings. The number of hydrogen-bond donors (Lipinski definition) is 0. The van der Waals surface area contributed by atoms with Crippen molar-refractivity contribution in [3.63, 3.8) is 0 Å². The van der Waals surface area contributed by atoms with Crippen LogP contribution in [0, 0.1) is 11.3 Å². The zero-order valence-electron chi connectivity index (χ0n) is 11.6. The van der Waals surface area contributed by atoms with Crippen LogP contribution in [0.2, 0.25) is 0 Å². The van der Waals surface area contributed by atoms with Gasteiger partial charge in [0.2, 0.25) is 0 Å². The van der Waals surface area contributed by atoms with Gasteiger partial charge in [0.25, 0.3) is 0 Å². The molecule has 1 aromatic rings. The van der Waals surface area contributed by atoms with Crippen LogP contribution in [0.4, 0.5) is 13.2 Å². The molecule has 0 saturated carbocycles. The van der Waals surface area contributed by atoms with Crippen molar-refractivity contribution in [3.05, 3.63) is 28.8 Å². The van der Waals surface area contributed by atoms with Gasteiger partial charge in [-0.25, -0.2) is 0 Å². The summed E-state index contributed by atoms with van der Waals surface area (Å²) in [7, 11) is 0. The summed E-state index contributed by atoms with van der Waals surface area (Å²) in [6.45, 7) is 3.54. The number of alkyl halides is 3. The fraction of sp³-hybridized carbons (Fsp3) is 0.429. The molecule has 0 saturated heterocycles. The van der Waals surface area contributed by atoms with Crippen molar-refractivity contribution in [3.8, 4) is 11.8 Å². The van der Waals surface area contributed by atoms with Gasteiger partial charge < -0.3 is 9.47 Å². The quantitative estimate of drug-likeness (QED) is 0.784. The summed E-state index contributed by atoms with van der Waals surface area (Å²) < 4.78 is 45.5. The van der Waals surface area contributed by atoms with E-state index in [-0.39, 0.29) is 18.6 Å². The highest BCUT2D eigenvalue weighted by atomic mass is 19.4. The Balaban J connectivity index is 3.20. The third-order valence-corrected chi connectivity index (χ3v) is 2.70. The lowest BCUT2D eigenvalue weighted by Crippen LogP contribution is -2.19. The Labute approximate surface area is 120 Å². The predicted octanol–water partition coefficient (Wildman–Crippen LogP) is 3.12. The van der Waals surface area contributed by atoms with Gasteiger partial charge in [0.1, 0.15) is 11.8 Å². The molecule has 0 unspecified atom stereocenters. The molecule has 0 aliphatic rings. The number of carbonyl (C=O) groups excluding carboxylic acids is 1. The van der Waals surface area contributed by atoms with Crippen LogP contribution in [-0.4, -0.2) is 18.9 Å². The maximum atomic E-state index is 12.3. The molecule has 0 spiro atoms. The first-order chi connectivity index (χ1) is 9.82. The lowest BCUT2D eigenvalue weighted by Gasteiger charge is -2.15. The number of hydrogen-bond acceptors (Lipinski definition) is 4. The van der Waals surface area contributed by atoms with Gasteiger partial charge in [0.15, 0.2) is 0 Å². The van der Waals surface area contributed by atoms with Crippen molar-refractivity contribution in [1.29, 1.82) is 5.26 Å². The van der Waals surface area contributed by atoms with Crippen LogP contribution in [-0.2, 0) is 22.4 Å². The average Bonchev–Trinajstić information content (AvgIpc) is 2.38. The van der Waals surface area contributed by atoms with Crippen LogP contribution in [0.25, 0.3) is 0 Å². The van der Waals surface area contributed by atoms with Crippen molar-refractivity contribution < 1.29 is 27.4 Å². The van der Waals surface area contributed by atoms with Gasteiger partial charge in [-0.15, -0.1) is 13.2 Å². The zero-order chi connectivity index (χ0) is 16.0. The molecule has 0 N–H and O–H groups in total. The number of halogens is 3. The summed E-state index contributed by atoms with van der Waals surface area (Å²) in [5, 5.41) is 9.08. The van der Waals surface area contributed by atoms with Gasteiger partial charge in [0.05, 0.1) is 18.6 Å². The first-order valence-electron chi connectivity index (χ1n) is 6.28. The van der Waals surface area contributed by atoms with E-state index in [0.717, 1.165) is 6.07 Å². The maximum absolute atomic E-state index is 12.3. The highest BCUT2D eigenvalue weighted by Gasteiger charge is 2.33. The Kier molecular flexibility index (Phi) is 5.59. The Morgan fingerprint density at radius 3 is 2.48 bits per heavy atom. The molecule has 114 valence electrons. The third kappa shape index (κ3) is 4.67. The minimum atomic E-state index is -4.88. The summed E-state index contributed by atoms with van der Waals surface area (Å²) in [4.78, 5) is 11.5. The molecule has 0 aliphatic carbocycles. The van der Waals surface area contributed by atoms with Gasteiger partial charge in [-0.2, -0.15) is 5.26 Å². The zero-order valence-corrected chi connectivity index (χ0v) is 11.6. The van der Waals surface area contributed by atoms with E-state index in [2.05, 4.69) is 4.74 Å². The number of nitriles is 1. The molecule has 7 heteroatoms. The average molecular weight is 301 g/mol. The normalized spacial score (nSPS) is 10.9. The standard InChI is InChI=1S/C14H14F3NO3/c1-3-10-9(7-13(19)20-4-2)5-6-12(11(10)8-18)21-14(15,16)17/h5-6H,3-4,7H2,1-2H3. The molecule has 0 bridgehead atoms. The Morgan fingerprint density at radius 2 is 2.00 bits per heavy atom. The van der Waals surface area contributed by atoms with Crippen LogP contribution >= 0.6 is 0 Å². The van der Waals surface area contributed by atoms with E-state index < -0.39 is 18.1 Å². The monoisotopic (exact) mass is 301 g/mol. The van der Waals surface area contributed by atoms with E-state index in [1.807, 2.05) is 0 Å². The van der Waals surface area contributed by atoms with Gasteiger partial charge in [-0.3, -0.25) is 4.79 Å². The van der Waals surface area contributed by atoms with E-state index in [9.17, 15) is 18.0 Å². The first kappa shape index (κ1) is 16.8. The lowest BCUT2D eigenvalue weighted by molar-refractivity contribution is -0.274. The molecule has 4 nitrogen and oxygen atoms in total. The Morgan fingerprint density at radius 1 is 1.33 bits per heavy atom. The summed E-state index contributed by atoms with van der Waals surface area (Å²) in [5.74, 6) is -1.06. The van der Waals surface area contributed by atoms with Gasteiger partial charge in [0, 0.05) is 0 Å².